The normalized spacial score (nSPS) is 13.5. The Morgan fingerprint density at radius 1 is 0.889 bits per heavy atom. The number of hydrogen-bond donors (Lipinski definition) is 0. The second-order valence-corrected chi connectivity index (χ2v) is 10.00. The van der Waals surface area contributed by atoms with E-state index in [4.69, 9.17) is 9.47 Å². The highest BCUT2D eigenvalue weighted by molar-refractivity contribution is 5.83. The van der Waals surface area contributed by atoms with E-state index in [9.17, 15) is 31.9 Å². The van der Waals surface area contributed by atoms with Crippen LogP contribution in [0, 0.1) is 5.82 Å². The molecule has 0 aliphatic carbocycles. The van der Waals surface area contributed by atoms with Gasteiger partial charge in [0.15, 0.2) is 0 Å². The fraction of sp³-hybridized carbons (Fsp3) is 0.219. The highest BCUT2D eigenvalue weighted by atomic mass is 19.4. The number of aromatic nitrogens is 1. The van der Waals surface area contributed by atoms with Gasteiger partial charge >= 0.3 is 12.5 Å². The monoisotopic (exact) mass is 625 g/mol. The molecule has 0 saturated carbocycles. The average Bonchev–Trinajstić information content (AvgIpc) is 3.01. The third kappa shape index (κ3) is 8.19. The van der Waals surface area contributed by atoms with Crippen molar-refractivity contribution in [3.63, 3.8) is 0 Å². The second-order valence-electron chi connectivity index (χ2n) is 10.00. The Labute approximate surface area is 254 Å². The molecule has 45 heavy (non-hydrogen) atoms. The van der Waals surface area contributed by atoms with E-state index in [-0.39, 0.29) is 56.7 Å². The molecule has 0 unspecified atom stereocenters. The minimum Gasteiger partial charge on any atom is -0.491 e. The van der Waals surface area contributed by atoms with Gasteiger partial charge in [-0.05, 0) is 47.5 Å². The van der Waals surface area contributed by atoms with Crippen molar-refractivity contribution in [3.8, 4) is 28.3 Å². The highest BCUT2D eigenvalue weighted by Crippen LogP contribution is 2.30. The zero-order valence-corrected chi connectivity index (χ0v) is 23.7. The van der Waals surface area contributed by atoms with Crippen molar-refractivity contribution >= 4 is 12.0 Å². The van der Waals surface area contributed by atoms with E-state index in [1.54, 1.807) is 0 Å². The van der Waals surface area contributed by atoms with Gasteiger partial charge in [-0.2, -0.15) is 0 Å². The van der Waals surface area contributed by atoms with Gasteiger partial charge in [0.25, 0.3) is 5.56 Å². The van der Waals surface area contributed by atoms with Gasteiger partial charge in [-0.25, -0.2) is 9.18 Å². The third-order valence-corrected chi connectivity index (χ3v) is 6.92. The van der Waals surface area contributed by atoms with Gasteiger partial charge in [-0.15, -0.1) is 13.2 Å². The molecule has 0 spiro atoms. The van der Waals surface area contributed by atoms with Crippen LogP contribution in [0.5, 0.6) is 11.5 Å². The topological polar surface area (TPSA) is 90.3 Å². The Morgan fingerprint density at radius 2 is 1.60 bits per heavy atom. The minimum absolute atomic E-state index is 0.00528. The van der Waals surface area contributed by atoms with E-state index >= 15 is 0 Å². The summed E-state index contributed by atoms with van der Waals surface area (Å²) in [6.45, 7) is 0.627. The fourth-order valence-corrected chi connectivity index (χ4v) is 4.67. The van der Waals surface area contributed by atoms with Crippen LogP contribution in [0.2, 0.25) is 0 Å². The van der Waals surface area contributed by atoms with Crippen LogP contribution >= 0.6 is 0 Å². The summed E-state index contributed by atoms with van der Waals surface area (Å²) in [5, 5.41) is 0. The van der Waals surface area contributed by atoms with Gasteiger partial charge < -0.3 is 19.1 Å². The van der Waals surface area contributed by atoms with Crippen LogP contribution in [0.1, 0.15) is 5.56 Å². The van der Waals surface area contributed by atoms with Crippen LogP contribution in [0.3, 0.4) is 0 Å². The van der Waals surface area contributed by atoms with Gasteiger partial charge in [0, 0.05) is 36.6 Å². The lowest BCUT2D eigenvalue weighted by Gasteiger charge is -2.33. The Balaban J connectivity index is 1.25. The van der Waals surface area contributed by atoms with Gasteiger partial charge in [-0.3, -0.25) is 19.1 Å². The number of hydrogen-bond acceptors (Lipinski definition) is 6. The molecule has 3 aromatic carbocycles. The molecule has 1 saturated heterocycles. The minimum atomic E-state index is -4.86. The molecule has 0 radical (unpaired) electrons. The first-order chi connectivity index (χ1) is 21.6. The number of ether oxygens (including phenoxy) is 3. The molecular formula is C32H27F4N3O6. The smallest absolute Gasteiger partial charge is 0.491 e. The standard InChI is InChI=1S/C32H27F4N3O6/c33-24-8-6-23(7-9-24)27-19-39(25-10-12-26(13-11-25)45-32(34,35)36)29(40)18-28(27)43-17-16-37-14-15-38(20-30(37)41)31(42)44-21-22-4-2-1-3-5-22/h1-13,18-19H,14-17,20-21H2. The molecule has 13 heteroatoms. The lowest BCUT2D eigenvalue weighted by Crippen LogP contribution is -2.53. The number of alkyl halides is 3. The molecule has 0 atom stereocenters. The highest BCUT2D eigenvalue weighted by Gasteiger charge is 2.31. The van der Waals surface area contributed by atoms with Crippen LogP contribution in [-0.2, 0) is 16.1 Å². The maximum atomic E-state index is 13.7. The van der Waals surface area contributed by atoms with E-state index in [0.29, 0.717) is 11.1 Å². The van der Waals surface area contributed by atoms with Crippen LogP contribution < -0.4 is 15.0 Å². The van der Waals surface area contributed by atoms with Crippen molar-refractivity contribution in [2.75, 3.05) is 32.8 Å². The Hall–Kier alpha value is -5.33. The quantitative estimate of drug-likeness (QED) is 0.232. The number of benzene rings is 3. The lowest BCUT2D eigenvalue weighted by molar-refractivity contribution is -0.274. The number of pyridine rings is 1. The molecule has 0 N–H and O–H groups in total. The van der Waals surface area contributed by atoms with E-state index < -0.39 is 29.6 Å². The van der Waals surface area contributed by atoms with Crippen molar-refractivity contribution in [2.45, 2.75) is 13.0 Å². The van der Waals surface area contributed by atoms with Crippen molar-refractivity contribution in [1.82, 2.24) is 14.4 Å². The van der Waals surface area contributed by atoms with E-state index in [1.165, 1.54) is 63.0 Å². The second kappa shape index (κ2) is 13.5. The number of carbonyl (C=O) groups excluding carboxylic acids is 2. The summed E-state index contributed by atoms with van der Waals surface area (Å²) in [6.07, 6.45) is -4.01. The third-order valence-electron chi connectivity index (χ3n) is 6.92. The summed E-state index contributed by atoms with van der Waals surface area (Å²) in [5.41, 5.74) is 1.46. The predicted molar refractivity (Wildman–Crippen MR) is 154 cm³/mol. The number of piperazine rings is 1. The van der Waals surface area contributed by atoms with Gasteiger partial charge in [0.2, 0.25) is 5.91 Å². The van der Waals surface area contributed by atoms with Crippen LogP contribution in [0.4, 0.5) is 22.4 Å². The SMILES string of the molecule is O=C1CN(C(=O)OCc2ccccc2)CCN1CCOc1cc(=O)n(-c2ccc(OC(F)(F)F)cc2)cc1-c1ccc(F)cc1. The Morgan fingerprint density at radius 3 is 2.27 bits per heavy atom. The maximum absolute atomic E-state index is 13.7. The van der Waals surface area contributed by atoms with E-state index in [0.717, 1.165) is 17.7 Å². The van der Waals surface area contributed by atoms with E-state index in [2.05, 4.69) is 4.74 Å². The molecule has 1 aliphatic rings. The number of carbonyl (C=O) groups is 2. The van der Waals surface area contributed by atoms with Gasteiger partial charge in [0.1, 0.15) is 37.1 Å². The van der Waals surface area contributed by atoms with Crippen molar-refractivity contribution in [1.29, 1.82) is 0 Å². The first-order valence-electron chi connectivity index (χ1n) is 13.8. The first-order valence-corrected chi connectivity index (χ1v) is 13.8. The largest absolute Gasteiger partial charge is 0.573 e. The molecule has 1 aromatic heterocycles. The molecule has 1 aliphatic heterocycles. The molecule has 5 rings (SSSR count). The number of halogens is 4. The molecule has 2 heterocycles. The molecule has 1 fully saturated rings. The first kappa shape index (κ1) is 31.1. The molecule has 234 valence electrons. The molecule has 9 nitrogen and oxygen atoms in total. The molecule has 2 amide bonds. The maximum Gasteiger partial charge on any atom is 0.573 e. The van der Waals surface area contributed by atoms with Crippen molar-refractivity contribution < 1.29 is 41.4 Å². The zero-order valence-electron chi connectivity index (χ0n) is 23.7. The molecule has 0 bridgehead atoms. The number of nitrogens with zero attached hydrogens (tertiary/aromatic N) is 3. The Bertz CT molecular complexity index is 1690. The summed E-state index contributed by atoms with van der Waals surface area (Å²) < 4.78 is 67.7. The van der Waals surface area contributed by atoms with E-state index in [1.807, 2.05) is 30.3 Å². The lowest BCUT2D eigenvalue weighted by atomic mass is 10.1. The predicted octanol–water partition coefficient (Wildman–Crippen LogP) is 5.40. The number of amides is 2. The molecular weight excluding hydrogens is 598 g/mol. The van der Waals surface area contributed by atoms with Crippen molar-refractivity contribution in [2.24, 2.45) is 0 Å². The fourth-order valence-electron chi connectivity index (χ4n) is 4.67. The summed E-state index contributed by atoms with van der Waals surface area (Å²) in [7, 11) is 0. The zero-order chi connectivity index (χ0) is 32.0. The van der Waals surface area contributed by atoms with Crippen molar-refractivity contribution in [3.05, 3.63) is 113 Å². The van der Waals surface area contributed by atoms with Crippen LogP contribution in [0.15, 0.2) is 95.9 Å². The average molecular weight is 626 g/mol. The van der Waals surface area contributed by atoms with Gasteiger partial charge in [0.05, 0.1) is 6.54 Å². The molecule has 4 aromatic rings. The summed E-state index contributed by atoms with van der Waals surface area (Å²) in [4.78, 5) is 41.1. The summed E-state index contributed by atoms with van der Waals surface area (Å²) in [5.74, 6) is -1.06. The Kier molecular flexibility index (Phi) is 9.36. The number of rotatable bonds is 9. The van der Waals surface area contributed by atoms with Crippen LogP contribution in [-0.4, -0.2) is 65.5 Å². The summed E-state index contributed by atoms with van der Waals surface area (Å²) in [6, 6.07) is 20.6. The van der Waals surface area contributed by atoms with Crippen LogP contribution in [0.25, 0.3) is 16.8 Å². The summed E-state index contributed by atoms with van der Waals surface area (Å²) >= 11 is 0. The van der Waals surface area contributed by atoms with Gasteiger partial charge in [-0.1, -0.05) is 42.5 Å².